The minimum Gasteiger partial charge on any atom is -0.492 e. The standard InChI is InChI=1S/C15H13FN2O4/c16-12-4-6-14(7-5-12)22-9-8-17-15(19)11-2-1-3-13(10-11)18(20)21/h1-7,10H,8-9H2,(H,17,19). The van der Waals surface area contributed by atoms with Crippen LogP contribution in [-0.2, 0) is 0 Å². The van der Waals surface area contributed by atoms with Gasteiger partial charge in [0.25, 0.3) is 11.6 Å². The summed E-state index contributed by atoms with van der Waals surface area (Å²) in [7, 11) is 0. The molecule has 2 aromatic rings. The molecule has 7 heteroatoms. The molecule has 0 saturated heterocycles. The number of hydrogen-bond donors (Lipinski definition) is 1. The molecule has 0 aliphatic carbocycles. The van der Waals surface area contributed by atoms with Crippen molar-refractivity contribution in [2.75, 3.05) is 13.2 Å². The number of benzene rings is 2. The Labute approximate surface area is 125 Å². The third-order valence-electron chi connectivity index (χ3n) is 2.79. The fourth-order valence-corrected chi connectivity index (χ4v) is 1.73. The number of halogens is 1. The molecular formula is C15H13FN2O4. The van der Waals surface area contributed by atoms with Gasteiger partial charge in [-0.3, -0.25) is 14.9 Å². The van der Waals surface area contributed by atoms with Crippen molar-refractivity contribution in [3.8, 4) is 5.75 Å². The van der Waals surface area contributed by atoms with E-state index in [1.807, 2.05) is 0 Å². The molecule has 1 N–H and O–H groups in total. The number of ether oxygens (including phenoxy) is 1. The lowest BCUT2D eigenvalue weighted by molar-refractivity contribution is -0.384. The van der Waals surface area contributed by atoms with Crippen molar-refractivity contribution in [3.05, 3.63) is 70.0 Å². The van der Waals surface area contributed by atoms with Gasteiger partial charge in [-0.2, -0.15) is 0 Å². The Hall–Kier alpha value is -2.96. The number of carbonyl (C=O) groups is 1. The minimum atomic E-state index is -0.561. The van der Waals surface area contributed by atoms with Crippen LogP contribution in [-0.4, -0.2) is 24.0 Å². The van der Waals surface area contributed by atoms with Crippen LogP contribution in [0.2, 0.25) is 0 Å². The molecule has 0 saturated carbocycles. The SMILES string of the molecule is O=C(NCCOc1ccc(F)cc1)c1cccc([N+](=O)[O-])c1. The van der Waals surface area contributed by atoms with Gasteiger partial charge in [0, 0.05) is 17.7 Å². The molecule has 0 heterocycles. The van der Waals surface area contributed by atoms with Crippen LogP contribution in [0, 0.1) is 15.9 Å². The summed E-state index contributed by atoms with van der Waals surface area (Å²) in [5.41, 5.74) is 0.0613. The number of nitro benzene ring substituents is 1. The first-order valence-corrected chi connectivity index (χ1v) is 6.47. The van der Waals surface area contributed by atoms with Crippen molar-refractivity contribution in [1.82, 2.24) is 5.32 Å². The molecule has 1 amide bonds. The normalized spacial score (nSPS) is 10.0. The first kappa shape index (κ1) is 15.4. The van der Waals surface area contributed by atoms with E-state index in [1.54, 1.807) is 0 Å². The molecule has 22 heavy (non-hydrogen) atoms. The van der Waals surface area contributed by atoms with Gasteiger partial charge in [-0.25, -0.2) is 4.39 Å². The van der Waals surface area contributed by atoms with Crippen LogP contribution in [0.1, 0.15) is 10.4 Å². The summed E-state index contributed by atoms with van der Waals surface area (Å²) < 4.78 is 18.0. The zero-order valence-electron chi connectivity index (χ0n) is 11.5. The van der Waals surface area contributed by atoms with E-state index in [0.717, 1.165) is 0 Å². The van der Waals surface area contributed by atoms with Crippen molar-refractivity contribution < 1.29 is 18.8 Å². The van der Waals surface area contributed by atoms with Gasteiger partial charge in [-0.1, -0.05) is 6.07 Å². The molecule has 0 fully saturated rings. The van der Waals surface area contributed by atoms with Crippen LogP contribution in [0.5, 0.6) is 5.75 Å². The van der Waals surface area contributed by atoms with Crippen molar-refractivity contribution in [3.63, 3.8) is 0 Å². The van der Waals surface area contributed by atoms with Crippen molar-refractivity contribution >= 4 is 11.6 Å². The smallest absolute Gasteiger partial charge is 0.270 e. The maximum absolute atomic E-state index is 12.7. The molecule has 6 nitrogen and oxygen atoms in total. The highest BCUT2D eigenvalue weighted by Gasteiger charge is 2.10. The molecule has 0 radical (unpaired) electrons. The third-order valence-corrected chi connectivity index (χ3v) is 2.79. The summed E-state index contributed by atoms with van der Waals surface area (Å²) in [6.07, 6.45) is 0. The molecule has 0 spiro atoms. The van der Waals surface area contributed by atoms with E-state index in [-0.39, 0.29) is 30.2 Å². The average Bonchev–Trinajstić information content (AvgIpc) is 2.53. The minimum absolute atomic E-state index is 0.143. The number of hydrogen-bond acceptors (Lipinski definition) is 4. The number of carbonyl (C=O) groups excluding carboxylic acids is 1. The summed E-state index contributed by atoms with van der Waals surface area (Å²) in [4.78, 5) is 21.9. The van der Waals surface area contributed by atoms with E-state index in [4.69, 9.17) is 4.74 Å². The molecular weight excluding hydrogens is 291 g/mol. The molecule has 0 aliphatic heterocycles. The molecule has 0 bridgehead atoms. The van der Waals surface area contributed by atoms with E-state index in [1.165, 1.54) is 48.5 Å². The molecule has 2 aromatic carbocycles. The number of amides is 1. The van der Waals surface area contributed by atoms with Gasteiger partial charge in [0.2, 0.25) is 0 Å². The van der Waals surface area contributed by atoms with Gasteiger partial charge in [0.05, 0.1) is 11.5 Å². The van der Waals surface area contributed by atoms with Crippen molar-refractivity contribution in [1.29, 1.82) is 0 Å². The Morgan fingerprint density at radius 1 is 1.23 bits per heavy atom. The van der Waals surface area contributed by atoms with Gasteiger partial charge in [0.1, 0.15) is 18.2 Å². The zero-order chi connectivity index (χ0) is 15.9. The molecule has 114 valence electrons. The number of rotatable bonds is 6. The van der Waals surface area contributed by atoms with Crippen LogP contribution in [0.4, 0.5) is 10.1 Å². The highest BCUT2D eigenvalue weighted by molar-refractivity contribution is 5.94. The van der Waals surface area contributed by atoms with Gasteiger partial charge in [0.15, 0.2) is 0 Å². The van der Waals surface area contributed by atoms with Crippen LogP contribution in [0.3, 0.4) is 0 Å². The Balaban J connectivity index is 1.81. The Kier molecular flexibility index (Phi) is 5.02. The number of nitro groups is 1. The number of non-ortho nitro benzene ring substituents is 1. The summed E-state index contributed by atoms with van der Waals surface area (Å²) in [5.74, 6) is -0.288. The van der Waals surface area contributed by atoms with Gasteiger partial charge in [-0.15, -0.1) is 0 Å². The van der Waals surface area contributed by atoms with E-state index >= 15 is 0 Å². The highest BCUT2D eigenvalue weighted by atomic mass is 19.1. The molecule has 0 aromatic heterocycles. The quantitative estimate of drug-likeness (QED) is 0.505. The van der Waals surface area contributed by atoms with E-state index in [9.17, 15) is 19.3 Å². The van der Waals surface area contributed by atoms with Crippen LogP contribution in [0.25, 0.3) is 0 Å². The first-order chi connectivity index (χ1) is 10.6. The van der Waals surface area contributed by atoms with Crippen LogP contribution >= 0.6 is 0 Å². The van der Waals surface area contributed by atoms with Crippen LogP contribution in [0.15, 0.2) is 48.5 Å². The second kappa shape index (κ2) is 7.16. The van der Waals surface area contributed by atoms with E-state index in [0.29, 0.717) is 5.75 Å². The lowest BCUT2D eigenvalue weighted by Crippen LogP contribution is -2.28. The zero-order valence-corrected chi connectivity index (χ0v) is 11.5. The summed E-state index contributed by atoms with van der Waals surface area (Å²) in [6, 6.07) is 11.0. The second-order valence-corrected chi connectivity index (χ2v) is 4.37. The summed E-state index contributed by atoms with van der Waals surface area (Å²) in [5, 5.41) is 13.2. The fourth-order valence-electron chi connectivity index (χ4n) is 1.73. The maximum Gasteiger partial charge on any atom is 0.270 e. The molecule has 0 atom stereocenters. The van der Waals surface area contributed by atoms with Crippen molar-refractivity contribution in [2.24, 2.45) is 0 Å². The maximum atomic E-state index is 12.7. The predicted molar refractivity (Wildman–Crippen MR) is 77.3 cm³/mol. The van der Waals surface area contributed by atoms with Gasteiger partial charge >= 0.3 is 0 Å². The Morgan fingerprint density at radius 2 is 1.95 bits per heavy atom. The van der Waals surface area contributed by atoms with Gasteiger partial charge < -0.3 is 10.1 Å². The molecule has 0 unspecified atom stereocenters. The fraction of sp³-hybridized carbons (Fsp3) is 0.133. The van der Waals surface area contributed by atoms with Crippen LogP contribution < -0.4 is 10.1 Å². The highest BCUT2D eigenvalue weighted by Crippen LogP contribution is 2.13. The Bertz CT molecular complexity index is 673. The Morgan fingerprint density at radius 3 is 2.64 bits per heavy atom. The average molecular weight is 304 g/mol. The number of nitrogens with one attached hydrogen (secondary N) is 1. The summed E-state index contributed by atoms with van der Waals surface area (Å²) in [6.45, 7) is 0.422. The monoisotopic (exact) mass is 304 g/mol. The van der Waals surface area contributed by atoms with E-state index < -0.39 is 10.8 Å². The topological polar surface area (TPSA) is 81.5 Å². The number of nitrogens with zero attached hydrogens (tertiary/aromatic N) is 1. The largest absolute Gasteiger partial charge is 0.492 e. The van der Waals surface area contributed by atoms with Crippen molar-refractivity contribution in [2.45, 2.75) is 0 Å². The predicted octanol–water partition coefficient (Wildman–Crippen LogP) is 2.54. The van der Waals surface area contributed by atoms with Gasteiger partial charge in [-0.05, 0) is 30.3 Å². The lowest BCUT2D eigenvalue weighted by atomic mass is 10.2. The second-order valence-electron chi connectivity index (χ2n) is 4.37. The van der Waals surface area contributed by atoms with E-state index in [2.05, 4.69) is 5.32 Å². The third kappa shape index (κ3) is 4.27. The molecule has 2 rings (SSSR count). The lowest BCUT2D eigenvalue weighted by Gasteiger charge is -2.07. The molecule has 0 aliphatic rings. The summed E-state index contributed by atoms with van der Waals surface area (Å²) >= 11 is 0. The first-order valence-electron chi connectivity index (χ1n) is 6.47.